The van der Waals surface area contributed by atoms with E-state index >= 15 is 0 Å². The molecule has 7 nitrogen and oxygen atoms in total. The fourth-order valence-corrected chi connectivity index (χ4v) is 3.84. The molecule has 1 aliphatic rings. The number of hydrogen-bond acceptors (Lipinski definition) is 6. The second-order valence-corrected chi connectivity index (χ2v) is 7.03. The lowest BCUT2D eigenvalue weighted by atomic mass is 9.99. The largest absolute Gasteiger partial charge is 0.465 e. The van der Waals surface area contributed by atoms with Gasteiger partial charge in [-0.2, -0.15) is 0 Å². The van der Waals surface area contributed by atoms with Crippen molar-refractivity contribution in [2.45, 2.75) is 18.8 Å². The third kappa shape index (κ3) is 2.78. The highest BCUT2D eigenvalue weighted by atomic mass is 79.9. The van der Waals surface area contributed by atoms with Crippen LogP contribution in [0.15, 0.2) is 16.6 Å². The molecule has 1 aromatic carbocycles. The van der Waals surface area contributed by atoms with Crippen LogP contribution in [-0.2, 0) is 9.47 Å². The lowest BCUT2D eigenvalue weighted by Gasteiger charge is -2.21. The van der Waals surface area contributed by atoms with Gasteiger partial charge in [-0.25, -0.2) is 9.78 Å². The topological polar surface area (TPSA) is 78.6 Å². The molecule has 0 radical (unpaired) electrons. The lowest BCUT2D eigenvalue weighted by Crippen LogP contribution is -2.16. The van der Waals surface area contributed by atoms with Crippen LogP contribution in [0.4, 0.5) is 0 Å². The monoisotopic (exact) mass is 424 g/mol. The summed E-state index contributed by atoms with van der Waals surface area (Å²) < 4.78 is 12.8. The molecule has 0 spiro atoms. The van der Waals surface area contributed by atoms with Gasteiger partial charge in [0, 0.05) is 23.6 Å². The minimum atomic E-state index is -0.444. The summed E-state index contributed by atoms with van der Waals surface area (Å²) in [6.07, 6.45) is 1.76. The van der Waals surface area contributed by atoms with Crippen molar-refractivity contribution in [2.75, 3.05) is 20.3 Å². The minimum absolute atomic E-state index is 0.240. The van der Waals surface area contributed by atoms with Crippen LogP contribution in [0, 0.1) is 0 Å². The molecule has 3 aromatic rings. The third-order valence-corrected chi connectivity index (χ3v) is 5.30. The molecule has 1 saturated heterocycles. The molecule has 0 N–H and O–H groups in total. The number of aromatic nitrogens is 4. The van der Waals surface area contributed by atoms with Crippen LogP contribution >= 0.6 is 27.5 Å². The molecule has 4 rings (SSSR count). The summed E-state index contributed by atoms with van der Waals surface area (Å²) >= 11 is 9.74. The number of fused-ring (bicyclic) bond motifs is 3. The summed E-state index contributed by atoms with van der Waals surface area (Å²) in [4.78, 5) is 16.3. The molecule has 1 aliphatic heterocycles. The van der Waals surface area contributed by atoms with Crippen molar-refractivity contribution in [3.8, 4) is 0 Å². The minimum Gasteiger partial charge on any atom is -0.465 e. The molecule has 9 heteroatoms. The number of nitrogens with zero attached hydrogens (tertiary/aromatic N) is 4. The number of esters is 1. The number of carbonyl (C=O) groups excluding carboxylic acids is 1. The van der Waals surface area contributed by atoms with Gasteiger partial charge in [-0.05, 0) is 40.9 Å². The quantitative estimate of drug-likeness (QED) is 0.586. The number of rotatable bonds is 2. The molecule has 0 bridgehead atoms. The molecule has 0 saturated carbocycles. The summed E-state index contributed by atoms with van der Waals surface area (Å²) in [7, 11) is 1.34. The van der Waals surface area contributed by atoms with Crippen molar-refractivity contribution < 1.29 is 14.3 Å². The zero-order valence-electron chi connectivity index (χ0n) is 13.3. The first-order valence-electron chi connectivity index (χ1n) is 7.80. The van der Waals surface area contributed by atoms with Crippen molar-refractivity contribution in [3.05, 3.63) is 33.1 Å². The van der Waals surface area contributed by atoms with E-state index in [-0.39, 0.29) is 11.1 Å². The Morgan fingerprint density at radius 3 is 2.84 bits per heavy atom. The Labute approximate surface area is 156 Å². The van der Waals surface area contributed by atoms with Crippen LogP contribution in [0.5, 0.6) is 0 Å². The molecule has 3 heterocycles. The van der Waals surface area contributed by atoms with Gasteiger partial charge in [0.1, 0.15) is 5.82 Å². The van der Waals surface area contributed by atoms with Gasteiger partial charge < -0.3 is 9.47 Å². The molecule has 0 aliphatic carbocycles. The molecule has 0 atom stereocenters. The fourth-order valence-electron chi connectivity index (χ4n) is 3.13. The molecule has 0 unspecified atom stereocenters. The highest BCUT2D eigenvalue weighted by molar-refractivity contribution is 9.10. The molecule has 0 amide bonds. The molecule has 25 heavy (non-hydrogen) atoms. The zero-order valence-corrected chi connectivity index (χ0v) is 15.7. The normalized spacial score (nSPS) is 15.8. The highest BCUT2D eigenvalue weighted by Gasteiger charge is 2.24. The van der Waals surface area contributed by atoms with Gasteiger partial charge in [-0.1, -0.05) is 11.6 Å². The molecule has 1 fully saturated rings. The van der Waals surface area contributed by atoms with E-state index in [0.29, 0.717) is 34.4 Å². The van der Waals surface area contributed by atoms with Crippen LogP contribution in [0.1, 0.15) is 34.9 Å². The number of methoxy groups -OCH3 is 1. The maximum Gasteiger partial charge on any atom is 0.339 e. The first kappa shape index (κ1) is 16.7. The number of hydrogen-bond donors (Lipinski definition) is 0. The summed E-state index contributed by atoms with van der Waals surface area (Å²) in [5.74, 6) is 0.634. The Kier molecular flexibility index (Phi) is 4.35. The van der Waals surface area contributed by atoms with Gasteiger partial charge in [-0.15, -0.1) is 10.2 Å². The van der Waals surface area contributed by atoms with Gasteiger partial charge in [-0.3, -0.25) is 4.40 Å². The average Bonchev–Trinajstić information content (AvgIpc) is 3.08. The van der Waals surface area contributed by atoms with Crippen molar-refractivity contribution in [1.29, 1.82) is 0 Å². The number of benzene rings is 1. The van der Waals surface area contributed by atoms with Gasteiger partial charge in [0.15, 0.2) is 10.8 Å². The van der Waals surface area contributed by atoms with E-state index in [4.69, 9.17) is 21.1 Å². The summed E-state index contributed by atoms with van der Waals surface area (Å²) in [6, 6.07) is 3.48. The highest BCUT2D eigenvalue weighted by Crippen LogP contribution is 2.32. The third-order valence-electron chi connectivity index (χ3n) is 4.39. The molecular weight excluding hydrogens is 412 g/mol. The van der Waals surface area contributed by atoms with Crippen molar-refractivity contribution >= 4 is 50.2 Å². The van der Waals surface area contributed by atoms with Crippen LogP contribution in [0.3, 0.4) is 0 Å². The summed E-state index contributed by atoms with van der Waals surface area (Å²) in [6.45, 7) is 1.40. The molecule has 2 aromatic heterocycles. The van der Waals surface area contributed by atoms with Gasteiger partial charge in [0.2, 0.25) is 0 Å². The molecule has 130 valence electrons. The van der Waals surface area contributed by atoms with E-state index in [1.54, 1.807) is 6.07 Å². The van der Waals surface area contributed by atoms with Crippen molar-refractivity contribution in [2.24, 2.45) is 0 Å². The average molecular weight is 426 g/mol. The van der Waals surface area contributed by atoms with E-state index < -0.39 is 5.97 Å². The van der Waals surface area contributed by atoms with E-state index in [9.17, 15) is 4.79 Å². The van der Waals surface area contributed by atoms with Gasteiger partial charge >= 0.3 is 5.97 Å². The maximum atomic E-state index is 11.9. The SMILES string of the molecule is COC(=O)c1cc2nc(Cl)c3nnc(C4CCOCC4)n3c2cc1Br. The second kappa shape index (κ2) is 6.51. The van der Waals surface area contributed by atoms with E-state index in [1.807, 2.05) is 10.5 Å². The predicted octanol–water partition coefficient (Wildman–Crippen LogP) is 3.37. The fraction of sp³-hybridized carbons (Fsp3) is 0.375. The zero-order chi connectivity index (χ0) is 17.6. The Hall–Kier alpha value is -1.77. The summed E-state index contributed by atoms with van der Waals surface area (Å²) in [5.41, 5.74) is 2.26. The Morgan fingerprint density at radius 1 is 1.36 bits per heavy atom. The Morgan fingerprint density at radius 2 is 2.12 bits per heavy atom. The predicted molar refractivity (Wildman–Crippen MR) is 95.1 cm³/mol. The van der Waals surface area contributed by atoms with E-state index in [2.05, 4.69) is 31.1 Å². The number of halogens is 2. The van der Waals surface area contributed by atoms with Crippen molar-refractivity contribution in [1.82, 2.24) is 19.6 Å². The van der Waals surface area contributed by atoms with E-state index in [1.165, 1.54) is 7.11 Å². The van der Waals surface area contributed by atoms with Crippen LogP contribution in [0.25, 0.3) is 16.7 Å². The summed E-state index contributed by atoms with van der Waals surface area (Å²) in [5, 5.41) is 8.82. The van der Waals surface area contributed by atoms with Crippen molar-refractivity contribution in [3.63, 3.8) is 0 Å². The van der Waals surface area contributed by atoms with Crippen LogP contribution in [-0.4, -0.2) is 45.9 Å². The van der Waals surface area contributed by atoms with E-state index in [0.717, 1.165) is 24.2 Å². The smallest absolute Gasteiger partial charge is 0.339 e. The lowest BCUT2D eigenvalue weighted by molar-refractivity contribution is 0.0600. The number of ether oxygens (including phenoxy) is 2. The Bertz CT molecular complexity index is 985. The van der Waals surface area contributed by atoms with Gasteiger partial charge in [0.25, 0.3) is 0 Å². The maximum absolute atomic E-state index is 11.9. The Balaban J connectivity index is 1.99. The first-order chi connectivity index (χ1) is 12.1. The standard InChI is InChI=1S/C16H14BrClN4O3/c1-24-16(23)9-6-11-12(7-10(9)17)22-14(8-2-4-25-5-3-8)20-21-15(22)13(18)19-11/h6-8H,2-5H2,1H3. The second-order valence-electron chi connectivity index (χ2n) is 5.82. The van der Waals surface area contributed by atoms with Gasteiger partial charge in [0.05, 0.1) is 23.7 Å². The number of carbonyl (C=O) groups is 1. The van der Waals surface area contributed by atoms with Crippen LogP contribution < -0.4 is 0 Å². The molecular formula is C16H14BrClN4O3. The van der Waals surface area contributed by atoms with Crippen LogP contribution in [0.2, 0.25) is 5.15 Å². The first-order valence-corrected chi connectivity index (χ1v) is 8.97.